The van der Waals surface area contributed by atoms with Crippen molar-refractivity contribution in [3.05, 3.63) is 64.7 Å². The van der Waals surface area contributed by atoms with Crippen LogP contribution in [0.15, 0.2) is 47.4 Å². The molecule has 0 atom stereocenters. The van der Waals surface area contributed by atoms with Crippen LogP contribution >= 0.6 is 0 Å². The largest absolute Gasteiger partial charge is 0.416 e. The second-order valence-electron chi connectivity index (χ2n) is 8.03. The van der Waals surface area contributed by atoms with Crippen LogP contribution in [-0.4, -0.2) is 55.5 Å². The molecule has 0 N–H and O–H groups in total. The molecule has 2 aromatic rings. The van der Waals surface area contributed by atoms with Gasteiger partial charge in [0.05, 0.1) is 10.5 Å². The number of aryl methyl sites for hydroxylation is 2. The van der Waals surface area contributed by atoms with Gasteiger partial charge in [0, 0.05) is 44.6 Å². The Morgan fingerprint density at radius 2 is 1.58 bits per heavy atom. The number of carbonyl (C=O) groups excluding carboxylic acids is 2. The highest BCUT2D eigenvalue weighted by Crippen LogP contribution is 2.31. The summed E-state index contributed by atoms with van der Waals surface area (Å²) in [6.07, 6.45) is -4.60. The number of ketones is 1. The first-order chi connectivity index (χ1) is 15.4. The van der Waals surface area contributed by atoms with E-state index in [1.165, 1.54) is 4.90 Å². The average molecular weight is 483 g/mol. The first-order valence-electron chi connectivity index (χ1n) is 10.5. The lowest BCUT2D eigenvalue weighted by molar-refractivity contribution is -0.137. The fourth-order valence-electron chi connectivity index (χ4n) is 3.60. The Kier molecular flexibility index (Phi) is 7.28. The van der Waals surface area contributed by atoms with Gasteiger partial charge >= 0.3 is 6.18 Å². The van der Waals surface area contributed by atoms with Gasteiger partial charge in [-0.1, -0.05) is 18.2 Å². The number of rotatable bonds is 6. The maximum absolute atomic E-state index is 12.9. The molecule has 1 aliphatic heterocycles. The van der Waals surface area contributed by atoms with Crippen LogP contribution in [0.2, 0.25) is 0 Å². The lowest BCUT2D eigenvalue weighted by Gasteiger charge is -2.34. The first kappa shape index (κ1) is 24.9. The molecule has 0 saturated carbocycles. The number of hydrogen-bond acceptors (Lipinski definition) is 4. The summed E-state index contributed by atoms with van der Waals surface area (Å²) in [6.45, 7) is 4.00. The van der Waals surface area contributed by atoms with Crippen LogP contribution < -0.4 is 0 Å². The second-order valence-corrected chi connectivity index (χ2v) is 9.97. The van der Waals surface area contributed by atoms with Crippen molar-refractivity contribution in [2.45, 2.75) is 37.8 Å². The van der Waals surface area contributed by atoms with E-state index in [1.54, 1.807) is 12.1 Å². The van der Waals surface area contributed by atoms with Gasteiger partial charge in [0.15, 0.2) is 5.78 Å². The fourth-order valence-corrected chi connectivity index (χ4v) is 5.07. The number of hydrogen-bond donors (Lipinski definition) is 0. The SMILES string of the molecule is Cc1ccc(C(=O)CCC(=O)N2CCN(S(=O)(=O)c3cccc(C(F)(F)F)c3)CC2)cc1C. The lowest BCUT2D eigenvalue weighted by atomic mass is 10.0. The summed E-state index contributed by atoms with van der Waals surface area (Å²) in [4.78, 5) is 26.0. The van der Waals surface area contributed by atoms with Crippen LogP contribution in [0.25, 0.3) is 0 Å². The molecule has 0 aliphatic carbocycles. The van der Waals surface area contributed by atoms with E-state index in [2.05, 4.69) is 0 Å². The summed E-state index contributed by atoms with van der Waals surface area (Å²) in [5.41, 5.74) is 1.57. The molecule has 2 aromatic carbocycles. The van der Waals surface area contributed by atoms with Gasteiger partial charge in [-0.2, -0.15) is 17.5 Å². The highest BCUT2D eigenvalue weighted by Gasteiger charge is 2.34. The van der Waals surface area contributed by atoms with Gasteiger partial charge in [0.1, 0.15) is 0 Å². The minimum Gasteiger partial charge on any atom is -0.340 e. The summed E-state index contributed by atoms with van der Waals surface area (Å²) in [5, 5.41) is 0. The number of sulfonamides is 1. The van der Waals surface area contributed by atoms with E-state index in [0.717, 1.165) is 33.6 Å². The Morgan fingerprint density at radius 3 is 2.18 bits per heavy atom. The Hall–Kier alpha value is -2.72. The first-order valence-corrected chi connectivity index (χ1v) is 11.9. The molecular formula is C23H25F3N2O4S. The Labute approximate surface area is 191 Å². The van der Waals surface area contributed by atoms with Crippen molar-refractivity contribution >= 4 is 21.7 Å². The van der Waals surface area contributed by atoms with Gasteiger partial charge in [-0.25, -0.2) is 8.42 Å². The van der Waals surface area contributed by atoms with E-state index in [9.17, 15) is 31.2 Å². The van der Waals surface area contributed by atoms with Gasteiger partial charge in [0.25, 0.3) is 0 Å². The molecule has 3 rings (SSSR count). The topological polar surface area (TPSA) is 74.8 Å². The molecule has 1 amide bonds. The number of amides is 1. The third kappa shape index (κ3) is 5.80. The zero-order valence-corrected chi connectivity index (χ0v) is 19.2. The number of benzene rings is 2. The quantitative estimate of drug-likeness (QED) is 0.587. The van der Waals surface area contributed by atoms with E-state index in [4.69, 9.17) is 0 Å². The lowest BCUT2D eigenvalue weighted by Crippen LogP contribution is -2.50. The van der Waals surface area contributed by atoms with Gasteiger partial charge in [-0.05, 0) is 49.2 Å². The van der Waals surface area contributed by atoms with E-state index >= 15 is 0 Å². The van der Waals surface area contributed by atoms with Crippen LogP contribution in [-0.2, 0) is 21.0 Å². The standard InChI is InChI=1S/C23H25F3N2O4S/c1-16-6-7-18(14-17(16)2)21(29)8-9-22(30)27-10-12-28(13-11-27)33(31,32)20-5-3-4-19(15-20)23(24,25)26/h3-7,14-15H,8-13H2,1-2H3. The molecule has 33 heavy (non-hydrogen) atoms. The summed E-state index contributed by atoms with van der Waals surface area (Å²) in [7, 11) is -4.12. The molecule has 10 heteroatoms. The number of halogens is 3. The Bertz CT molecular complexity index is 1150. The molecule has 0 spiro atoms. The van der Waals surface area contributed by atoms with Crippen molar-refractivity contribution in [3.8, 4) is 0 Å². The number of nitrogens with zero attached hydrogens (tertiary/aromatic N) is 2. The molecule has 1 fully saturated rings. The predicted molar refractivity (Wildman–Crippen MR) is 116 cm³/mol. The maximum Gasteiger partial charge on any atom is 0.416 e. The van der Waals surface area contributed by atoms with Gasteiger partial charge in [-0.3, -0.25) is 9.59 Å². The van der Waals surface area contributed by atoms with Gasteiger partial charge < -0.3 is 4.90 Å². The summed E-state index contributed by atoms with van der Waals surface area (Å²) >= 11 is 0. The van der Waals surface area contributed by atoms with E-state index in [0.29, 0.717) is 11.6 Å². The zero-order valence-electron chi connectivity index (χ0n) is 18.4. The summed E-state index contributed by atoms with van der Waals surface area (Å²) < 4.78 is 65.4. The van der Waals surface area contributed by atoms with Gasteiger partial charge in [-0.15, -0.1) is 0 Å². The van der Waals surface area contributed by atoms with Crippen LogP contribution in [0.3, 0.4) is 0 Å². The molecular weight excluding hydrogens is 457 g/mol. The second kappa shape index (κ2) is 9.64. The molecule has 1 heterocycles. The smallest absolute Gasteiger partial charge is 0.340 e. The monoisotopic (exact) mass is 482 g/mol. The number of Topliss-reactive ketones (excluding diaryl/α,β-unsaturated/α-hetero) is 1. The van der Waals surface area contributed by atoms with Crippen LogP contribution in [0, 0.1) is 13.8 Å². The fraction of sp³-hybridized carbons (Fsp3) is 0.391. The molecule has 178 valence electrons. The Balaban J connectivity index is 1.57. The minimum atomic E-state index is -4.65. The highest BCUT2D eigenvalue weighted by molar-refractivity contribution is 7.89. The van der Waals surface area contributed by atoms with E-state index < -0.39 is 26.7 Å². The number of carbonyl (C=O) groups is 2. The summed E-state index contributed by atoms with van der Waals surface area (Å²) in [6, 6.07) is 8.99. The van der Waals surface area contributed by atoms with Crippen molar-refractivity contribution < 1.29 is 31.2 Å². The highest BCUT2D eigenvalue weighted by atomic mass is 32.2. The van der Waals surface area contributed by atoms with E-state index in [1.807, 2.05) is 19.9 Å². The van der Waals surface area contributed by atoms with Crippen LogP contribution in [0.1, 0.15) is 39.9 Å². The minimum absolute atomic E-state index is 0.00609. The molecule has 6 nitrogen and oxygen atoms in total. The molecule has 1 saturated heterocycles. The third-order valence-electron chi connectivity index (χ3n) is 5.79. The van der Waals surface area contributed by atoms with Crippen molar-refractivity contribution in [2.75, 3.05) is 26.2 Å². The van der Waals surface area contributed by atoms with Crippen molar-refractivity contribution in [1.29, 1.82) is 0 Å². The average Bonchev–Trinajstić information content (AvgIpc) is 2.78. The molecule has 0 unspecified atom stereocenters. The molecule has 0 radical (unpaired) electrons. The predicted octanol–water partition coefficient (Wildman–Crippen LogP) is 3.82. The summed E-state index contributed by atoms with van der Waals surface area (Å²) in [5.74, 6) is -0.402. The van der Waals surface area contributed by atoms with E-state index in [-0.39, 0.29) is 50.7 Å². The van der Waals surface area contributed by atoms with Crippen molar-refractivity contribution in [1.82, 2.24) is 9.21 Å². The molecule has 1 aliphatic rings. The van der Waals surface area contributed by atoms with Crippen LogP contribution in [0.4, 0.5) is 13.2 Å². The van der Waals surface area contributed by atoms with Gasteiger partial charge in [0.2, 0.25) is 15.9 Å². The van der Waals surface area contributed by atoms with Crippen molar-refractivity contribution in [3.63, 3.8) is 0 Å². The molecule has 0 bridgehead atoms. The van der Waals surface area contributed by atoms with Crippen LogP contribution in [0.5, 0.6) is 0 Å². The maximum atomic E-state index is 12.9. The number of alkyl halides is 3. The normalized spacial score (nSPS) is 15.5. The third-order valence-corrected chi connectivity index (χ3v) is 7.68. The van der Waals surface area contributed by atoms with Crippen molar-refractivity contribution in [2.24, 2.45) is 0 Å². The zero-order chi connectivity index (χ0) is 24.4. The number of piperazine rings is 1. The Morgan fingerprint density at radius 1 is 0.909 bits per heavy atom. The molecule has 0 aromatic heterocycles.